The summed E-state index contributed by atoms with van der Waals surface area (Å²) in [5.74, 6) is -1.73. The Labute approximate surface area is 152 Å². The van der Waals surface area contributed by atoms with Crippen molar-refractivity contribution >= 4 is 22.6 Å². The van der Waals surface area contributed by atoms with Gasteiger partial charge in [0, 0.05) is 11.1 Å². The van der Waals surface area contributed by atoms with Gasteiger partial charge in [0.1, 0.15) is 11.5 Å². The molecule has 0 saturated carbocycles. The van der Waals surface area contributed by atoms with Crippen molar-refractivity contribution in [1.82, 2.24) is 0 Å². The highest BCUT2D eigenvalue weighted by Gasteiger charge is 2.28. The number of benzene rings is 2. The van der Waals surface area contributed by atoms with Crippen LogP contribution in [0, 0.1) is 0 Å². The molecule has 0 aliphatic heterocycles. The van der Waals surface area contributed by atoms with Crippen molar-refractivity contribution in [2.24, 2.45) is 11.5 Å². The fourth-order valence-corrected chi connectivity index (χ4v) is 3.97. The first kappa shape index (κ1) is 19.6. The smallest absolute Gasteiger partial charge is 0.252 e. The lowest BCUT2D eigenvalue weighted by Crippen LogP contribution is -2.19. The predicted octanol–water partition coefficient (Wildman–Crippen LogP) is 2.70. The Morgan fingerprint density at radius 1 is 0.654 bits per heavy atom. The molecular formula is C20H26N2O4. The number of aryl methyl sites for hydroxylation is 4. The summed E-state index contributed by atoms with van der Waals surface area (Å²) in [5, 5.41) is 22.9. The van der Waals surface area contributed by atoms with E-state index in [1.54, 1.807) is 0 Å². The van der Waals surface area contributed by atoms with Crippen LogP contribution in [-0.4, -0.2) is 22.0 Å². The maximum Gasteiger partial charge on any atom is 0.252 e. The van der Waals surface area contributed by atoms with E-state index in [9.17, 15) is 19.8 Å². The molecule has 0 radical (unpaired) electrons. The highest BCUT2D eigenvalue weighted by atomic mass is 16.3. The van der Waals surface area contributed by atoms with E-state index in [1.165, 1.54) is 0 Å². The standard InChI is InChI=1S/C20H26N2O4/c1-5-9-13-11(7-3)18(24)16(20(22)26)10(6-2)14(13)12(8-4)17(23)15(9)19(21)25/h23-24H,5-8H2,1-4H3,(H2,21,25)(H2,22,26). The molecule has 6 nitrogen and oxygen atoms in total. The van der Waals surface area contributed by atoms with Crippen molar-refractivity contribution in [3.63, 3.8) is 0 Å². The van der Waals surface area contributed by atoms with Gasteiger partial charge in [0.2, 0.25) is 0 Å². The summed E-state index contributed by atoms with van der Waals surface area (Å²) in [6.45, 7) is 7.42. The number of carbonyl (C=O) groups is 2. The highest BCUT2D eigenvalue weighted by Crippen LogP contribution is 2.44. The van der Waals surface area contributed by atoms with Crippen molar-refractivity contribution < 1.29 is 19.8 Å². The Bertz CT molecular complexity index is 841. The van der Waals surface area contributed by atoms with E-state index in [-0.39, 0.29) is 22.6 Å². The van der Waals surface area contributed by atoms with Gasteiger partial charge in [-0.05, 0) is 47.6 Å². The fraction of sp³-hybridized carbons (Fsp3) is 0.400. The van der Waals surface area contributed by atoms with E-state index in [0.717, 1.165) is 0 Å². The first-order chi connectivity index (χ1) is 12.3. The normalized spacial score (nSPS) is 11.1. The van der Waals surface area contributed by atoms with Crippen LogP contribution in [0.3, 0.4) is 0 Å². The number of fused-ring (bicyclic) bond motifs is 1. The predicted molar refractivity (Wildman–Crippen MR) is 102 cm³/mol. The lowest BCUT2D eigenvalue weighted by molar-refractivity contribution is 0.0987. The van der Waals surface area contributed by atoms with E-state index in [0.29, 0.717) is 58.7 Å². The zero-order valence-corrected chi connectivity index (χ0v) is 15.7. The molecule has 2 aromatic carbocycles. The molecule has 6 N–H and O–H groups in total. The second-order valence-electron chi connectivity index (χ2n) is 6.25. The lowest BCUT2D eigenvalue weighted by atomic mass is 9.82. The minimum absolute atomic E-state index is 0.0832. The quantitative estimate of drug-likeness (QED) is 0.633. The molecule has 0 aliphatic rings. The van der Waals surface area contributed by atoms with Gasteiger partial charge in [-0.15, -0.1) is 0 Å². The third kappa shape index (κ3) is 2.66. The van der Waals surface area contributed by atoms with Crippen LogP contribution in [0.4, 0.5) is 0 Å². The number of aromatic hydroxyl groups is 2. The summed E-state index contributed by atoms with van der Waals surface area (Å²) in [5.41, 5.74) is 13.5. The summed E-state index contributed by atoms with van der Waals surface area (Å²) < 4.78 is 0. The number of rotatable bonds is 6. The summed E-state index contributed by atoms with van der Waals surface area (Å²) in [6.07, 6.45) is 1.76. The van der Waals surface area contributed by atoms with Gasteiger partial charge in [-0.3, -0.25) is 9.59 Å². The summed E-state index contributed by atoms with van der Waals surface area (Å²) in [4.78, 5) is 24.1. The van der Waals surface area contributed by atoms with Gasteiger partial charge < -0.3 is 21.7 Å². The maximum absolute atomic E-state index is 12.1. The van der Waals surface area contributed by atoms with Crippen molar-refractivity contribution in [2.45, 2.75) is 53.4 Å². The molecule has 0 saturated heterocycles. The van der Waals surface area contributed by atoms with E-state index in [4.69, 9.17) is 11.5 Å². The lowest BCUT2D eigenvalue weighted by Gasteiger charge is -2.23. The SMILES string of the molecule is CCc1c(O)c(C(N)=O)c(CC)c2c(CC)c(O)c(C(N)=O)c(CC)c12. The summed E-state index contributed by atoms with van der Waals surface area (Å²) >= 11 is 0. The zero-order chi connectivity index (χ0) is 19.8. The van der Waals surface area contributed by atoms with Gasteiger partial charge in [0.05, 0.1) is 11.1 Å². The minimum Gasteiger partial charge on any atom is -0.507 e. The molecule has 0 aromatic heterocycles. The average Bonchev–Trinajstić information content (AvgIpc) is 2.59. The molecule has 0 aliphatic carbocycles. The summed E-state index contributed by atoms with van der Waals surface area (Å²) in [7, 11) is 0. The van der Waals surface area contributed by atoms with Crippen LogP contribution < -0.4 is 11.5 Å². The summed E-state index contributed by atoms with van der Waals surface area (Å²) in [6, 6.07) is 0. The number of amides is 2. The number of phenols is 2. The monoisotopic (exact) mass is 358 g/mol. The highest BCUT2D eigenvalue weighted by molar-refractivity contribution is 6.11. The van der Waals surface area contributed by atoms with Crippen LogP contribution >= 0.6 is 0 Å². The Hall–Kier alpha value is -2.76. The van der Waals surface area contributed by atoms with Crippen LogP contribution in [0.2, 0.25) is 0 Å². The second-order valence-corrected chi connectivity index (χ2v) is 6.25. The Kier molecular flexibility index (Phi) is 5.44. The molecule has 2 amide bonds. The first-order valence-electron chi connectivity index (χ1n) is 8.93. The van der Waals surface area contributed by atoms with Gasteiger partial charge in [0.25, 0.3) is 11.8 Å². The molecule has 26 heavy (non-hydrogen) atoms. The zero-order valence-electron chi connectivity index (χ0n) is 15.7. The van der Waals surface area contributed by atoms with Crippen molar-refractivity contribution in [1.29, 1.82) is 0 Å². The van der Waals surface area contributed by atoms with Gasteiger partial charge in [-0.1, -0.05) is 27.7 Å². The van der Waals surface area contributed by atoms with Gasteiger partial charge >= 0.3 is 0 Å². The Balaban J connectivity index is 3.35. The van der Waals surface area contributed by atoms with Crippen molar-refractivity contribution in [2.75, 3.05) is 0 Å². The molecule has 0 spiro atoms. The molecule has 0 atom stereocenters. The van der Waals surface area contributed by atoms with Gasteiger partial charge in [-0.2, -0.15) is 0 Å². The van der Waals surface area contributed by atoms with Crippen LogP contribution in [0.1, 0.15) is 70.7 Å². The van der Waals surface area contributed by atoms with E-state index in [1.807, 2.05) is 27.7 Å². The largest absolute Gasteiger partial charge is 0.507 e. The fourth-order valence-electron chi connectivity index (χ4n) is 3.97. The molecule has 140 valence electrons. The van der Waals surface area contributed by atoms with Crippen LogP contribution in [0.5, 0.6) is 11.5 Å². The first-order valence-corrected chi connectivity index (χ1v) is 8.93. The van der Waals surface area contributed by atoms with Crippen LogP contribution in [0.15, 0.2) is 0 Å². The molecule has 0 fully saturated rings. The van der Waals surface area contributed by atoms with E-state index >= 15 is 0 Å². The van der Waals surface area contributed by atoms with Crippen LogP contribution in [0.25, 0.3) is 10.8 Å². The molecular weight excluding hydrogens is 332 g/mol. The van der Waals surface area contributed by atoms with Gasteiger partial charge in [-0.25, -0.2) is 0 Å². The number of carbonyl (C=O) groups excluding carboxylic acids is 2. The molecule has 6 heteroatoms. The van der Waals surface area contributed by atoms with Crippen molar-refractivity contribution in [3.8, 4) is 11.5 Å². The topological polar surface area (TPSA) is 127 Å². The Morgan fingerprint density at radius 3 is 1.12 bits per heavy atom. The van der Waals surface area contributed by atoms with E-state index < -0.39 is 11.8 Å². The molecule has 0 bridgehead atoms. The molecule has 2 aromatic rings. The Morgan fingerprint density at radius 2 is 0.923 bits per heavy atom. The number of primary amides is 2. The third-order valence-corrected chi connectivity index (χ3v) is 5.01. The number of hydrogen-bond acceptors (Lipinski definition) is 4. The average molecular weight is 358 g/mol. The minimum atomic E-state index is -0.713. The van der Waals surface area contributed by atoms with Gasteiger partial charge in [0.15, 0.2) is 0 Å². The van der Waals surface area contributed by atoms with Crippen LogP contribution in [-0.2, 0) is 25.7 Å². The molecule has 0 unspecified atom stereocenters. The van der Waals surface area contributed by atoms with E-state index in [2.05, 4.69) is 0 Å². The van der Waals surface area contributed by atoms with Crippen molar-refractivity contribution in [3.05, 3.63) is 33.4 Å². The number of nitrogens with two attached hydrogens (primary N) is 2. The second kappa shape index (κ2) is 7.23. The number of hydrogen-bond donors (Lipinski definition) is 4. The maximum atomic E-state index is 12.1. The third-order valence-electron chi connectivity index (χ3n) is 5.01. The molecule has 0 heterocycles. The molecule has 2 rings (SSSR count).